The largest absolute Gasteiger partial charge is 0.481 e. The van der Waals surface area contributed by atoms with Gasteiger partial charge in [0.1, 0.15) is 0 Å². The smallest absolute Gasteiger partial charge is 0.306 e. The van der Waals surface area contributed by atoms with Crippen LogP contribution in [0.5, 0.6) is 0 Å². The third-order valence-corrected chi connectivity index (χ3v) is 2.80. The zero-order valence-corrected chi connectivity index (χ0v) is 7.62. The van der Waals surface area contributed by atoms with Crippen molar-refractivity contribution in [3.05, 3.63) is 0 Å². The fraction of sp³-hybridized carbons (Fsp3) is 0.889. The lowest BCUT2D eigenvalue weighted by Crippen LogP contribution is -2.32. The summed E-state index contributed by atoms with van der Waals surface area (Å²) in [6.45, 7) is 2.00. The number of hydrogen-bond donors (Lipinski definition) is 1. The second-order valence-corrected chi connectivity index (χ2v) is 3.59. The molecular weight excluding hydrogens is 156 g/mol. The Morgan fingerprint density at radius 3 is 2.67 bits per heavy atom. The van der Waals surface area contributed by atoms with Crippen molar-refractivity contribution in [2.45, 2.75) is 32.3 Å². The molecule has 1 fully saturated rings. The summed E-state index contributed by atoms with van der Waals surface area (Å²) in [5.41, 5.74) is 0. The highest BCUT2D eigenvalue weighted by molar-refractivity contribution is 5.70. The Bertz CT molecular complexity index is 167. The van der Waals surface area contributed by atoms with Crippen molar-refractivity contribution in [1.82, 2.24) is 0 Å². The minimum Gasteiger partial charge on any atom is -0.481 e. The molecule has 0 heterocycles. The normalized spacial score (nSPS) is 36.3. The highest BCUT2D eigenvalue weighted by Crippen LogP contribution is 2.31. The summed E-state index contributed by atoms with van der Waals surface area (Å²) in [6.07, 6.45) is 2.80. The highest BCUT2D eigenvalue weighted by Gasteiger charge is 2.32. The first-order chi connectivity index (χ1) is 5.65. The van der Waals surface area contributed by atoms with Crippen LogP contribution in [-0.4, -0.2) is 24.3 Å². The molecule has 1 aliphatic rings. The van der Waals surface area contributed by atoms with Gasteiger partial charge in [-0.2, -0.15) is 0 Å². The van der Waals surface area contributed by atoms with Gasteiger partial charge in [0.2, 0.25) is 0 Å². The summed E-state index contributed by atoms with van der Waals surface area (Å²) in [4.78, 5) is 10.8. The van der Waals surface area contributed by atoms with Crippen LogP contribution in [0.1, 0.15) is 26.2 Å². The van der Waals surface area contributed by atoms with Gasteiger partial charge in [-0.3, -0.25) is 4.79 Å². The fourth-order valence-corrected chi connectivity index (χ4v) is 1.84. The Labute approximate surface area is 72.7 Å². The first kappa shape index (κ1) is 9.52. The van der Waals surface area contributed by atoms with Crippen molar-refractivity contribution < 1.29 is 14.6 Å². The quantitative estimate of drug-likeness (QED) is 0.687. The van der Waals surface area contributed by atoms with Crippen molar-refractivity contribution in [2.75, 3.05) is 7.11 Å². The number of carbonyl (C=O) groups is 1. The average molecular weight is 172 g/mol. The predicted molar refractivity (Wildman–Crippen MR) is 44.9 cm³/mol. The maximum atomic E-state index is 10.8. The molecule has 3 unspecified atom stereocenters. The van der Waals surface area contributed by atoms with E-state index in [1.165, 1.54) is 0 Å². The molecule has 0 aromatic carbocycles. The van der Waals surface area contributed by atoms with Gasteiger partial charge in [0.15, 0.2) is 0 Å². The zero-order valence-electron chi connectivity index (χ0n) is 7.62. The van der Waals surface area contributed by atoms with Gasteiger partial charge < -0.3 is 9.84 Å². The second-order valence-electron chi connectivity index (χ2n) is 3.59. The molecule has 12 heavy (non-hydrogen) atoms. The van der Waals surface area contributed by atoms with E-state index in [1.54, 1.807) is 7.11 Å². The molecule has 1 aliphatic carbocycles. The van der Waals surface area contributed by atoms with E-state index in [4.69, 9.17) is 9.84 Å². The molecular formula is C9H16O3. The van der Waals surface area contributed by atoms with Gasteiger partial charge in [0, 0.05) is 7.11 Å². The van der Waals surface area contributed by atoms with Gasteiger partial charge in [-0.05, 0) is 25.2 Å². The molecule has 0 aliphatic heterocycles. The van der Waals surface area contributed by atoms with Gasteiger partial charge in [0.05, 0.1) is 12.0 Å². The maximum Gasteiger partial charge on any atom is 0.306 e. The van der Waals surface area contributed by atoms with Crippen molar-refractivity contribution in [1.29, 1.82) is 0 Å². The topological polar surface area (TPSA) is 46.5 Å². The molecule has 0 spiro atoms. The van der Waals surface area contributed by atoms with Crippen molar-refractivity contribution in [2.24, 2.45) is 11.8 Å². The first-order valence-electron chi connectivity index (χ1n) is 4.40. The number of ether oxygens (including phenoxy) is 1. The van der Waals surface area contributed by atoms with Crippen LogP contribution in [0.2, 0.25) is 0 Å². The molecule has 0 radical (unpaired) electrons. The Morgan fingerprint density at radius 2 is 2.17 bits per heavy atom. The fourth-order valence-electron chi connectivity index (χ4n) is 1.84. The number of hydrogen-bond acceptors (Lipinski definition) is 2. The molecule has 0 bridgehead atoms. The third kappa shape index (κ3) is 1.97. The Morgan fingerprint density at radius 1 is 1.50 bits per heavy atom. The highest BCUT2D eigenvalue weighted by atomic mass is 16.5. The van der Waals surface area contributed by atoms with Gasteiger partial charge in [0.25, 0.3) is 0 Å². The summed E-state index contributed by atoms with van der Waals surface area (Å²) in [7, 11) is 1.65. The van der Waals surface area contributed by atoms with Crippen LogP contribution in [0.4, 0.5) is 0 Å². The second kappa shape index (κ2) is 3.90. The van der Waals surface area contributed by atoms with Crippen LogP contribution in [0.15, 0.2) is 0 Å². The predicted octanol–water partition coefficient (Wildman–Crippen LogP) is 1.52. The molecule has 0 aromatic rings. The van der Waals surface area contributed by atoms with E-state index in [-0.39, 0.29) is 12.0 Å². The standard InChI is InChI=1S/C9H16O3/c1-6-3-4-7(12-2)5-8(6)9(10)11/h6-8H,3-5H2,1-2H3,(H,10,11). The Kier molecular flexibility index (Phi) is 3.09. The van der Waals surface area contributed by atoms with Gasteiger partial charge in [-0.25, -0.2) is 0 Å². The molecule has 3 nitrogen and oxygen atoms in total. The van der Waals surface area contributed by atoms with Gasteiger partial charge in [-0.15, -0.1) is 0 Å². The van der Waals surface area contributed by atoms with Crippen LogP contribution < -0.4 is 0 Å². The Balaban J connectivity index is 2.53. The minimum absolute atomic E-state index is 0.155. The molecule has 0 saturated heterocycles. The molecule has 3 atom stereocenters. The number of carboxylic acid groups (broad SMARTS) is 1. The van der Waals surface area contributed by atoms with Crippen LogP contribution in [0, 0.1) is 11.8 Å². The van der Waals surface area contributed by atoms with Crippen LogP contribution >= 0.6 is 0 Å². The van der Waals surface area contributed by atoms with Crippen molar-refractivity contribution in [3.8, 4) is 0 Å². The lowest BCUT2D eigenvalue weighted by molar-refractivity contribution is -0.146. The maximum absolute atomic E-state index is 10.8. The molecule has 0 aromatic heterocycles. The van der Waals surface area contributed by atoms with Crippen LogP contribution in [-0.2, 0) is 9.53 Å². The lowest BCUT2D eigenvalue weighted by Gasteiger charge is -2.30. The first-order valence-corrected chi connectivity index (χ1v) is 4.40. The number of carboxylic acids is 1. The van der Waals surface area contributed by atoms with E-state index >= 15 is 0 Å². The number of aliphatic carboxylic acids is 1. The minimum atomic E-state index is -0.677. The molecule has 1 rings (SSSR count). The van der Waals surface area contributed by atoms with E-state index in [0.717, 1.165) is 12.8 Å². The summed E-state index contributed by atoms with van der Waals surface area (Å²) in [5, 5.41) is 8.87. The molecule has 0 amide bonds. The van der Waals surface area contributed by atoms with E-state index in [9.17, 15) is 4.79 Å². The van der Waals surface area contributed by atoms with E-state index in [0.29, 0.717) is 12.3 Å². The average Bonchev–Trinajstić information content (AvgIpc) is 2.05. The zero-order chi connectivity index (χ0) is 9.14. The molecule has 1 N–H and O–H groups in total. The van der Waals surface area contributed by atoms with E-state index in [2.05, 4.69) is 0 Å². The van der Waals surface area contributed by atoms with E-state index < -0.39 is 5.97 Å². The molecule has 1 saturated carbocycles. The van der Waals surface area contributed by atoms with Crippen molar-refractivity contribution >= 4 is 5.97 Å². The van der Waals surface area contributed by atoms with Crippen molar-refractivity contribution in [3.63, 3.8) is 0 Å². The summed E-state index contributed by atoms with van der Waals surface area (Å²) in [6, 6.07) is 0. The van der Waals surface area contributed by atoms with Gasteiger partial charge in [-0.1, -0.05) is 6.92 Å². The summed E-state index contributed by atoms with van der Waals surface area (Å²) < 4.78 is 5.16. The SMILES string of the molecule is COC1CCC(C)C(C(=O)O)C1. The third-order valence-electron chi connectivity index (χ3n) is 2.80. The Hall–Kier alpha value is -0.570. The number of rotatable bonds is 2. The van der Waals surface area contributed by atoms with Crippen LogP contribution in [0.3, 0.4) is 0 Å². The molecule has 3 heteroatoms. The van der Waals surface area contributed by atoms with Gasteiger partial charge >= 0.3 is 5.97 Å². The summed E-state index contributed by atoms with van der Waals surface area (Å²) in [5.74, 6) is -0.582. The number of methoxy groups -OCH3 is 1. The van der Waals surface area contributed by atoms with Crippen LogP contribution in [0.25, 0.3) is 0 Å². The van der Waals surface area contributed by atoms with E-state index in [1.807, 2.05) is 6.92 Å². The molecule has 70 valence electrons. The summed E-state index contributed by atoms with van der Waals surface area (Å²) >= 11 is 0. The lowest BCUT2D eigenvalue weighted by atomic mass is 9.79. The monoisotopic (exact) mass is 172 g/mol.